The Morgan fingerprint density at radius 3 is 1.24 bits per heavy atom. The summed E-state index contributed by atoms with van der Waals surface area (Å²) in [6.07, 6.45) is 19.2. The summed E-state index contributed by atoms with van der Waals surface area (Å²) >= 11 is 0. The number of unbranched alkanes of at least 4 members (excludes halogenated alkanes) is 13. The van der Waals surface area contributed by atoms with Gasteiger partial charge in [0.15, 0.2) is 0 Å². The number of ether oxygens (including phenoxy) is 3. The zero-order valence-corrected chi connectivity index (χ0v) is 26.1. The van der Waals surface area contributed by atoms with Gasteiger partial charge in [-0.25, -0.2) is 4.79 Å². The van der Waals surface area contributed by atoms with Gasteiger partial charge in [0, 0.05) is 0 Å². The SMILES string of the molecule is CCCCCCCCCCCOc1ccc(C(=O)Oc2ccc(-c3ccc(OCCCCCCCC)cc3)cc2)cc1. The molecule has 3 aromatic carbocycles. The van der Waals surface area contributed by atoms with Crippen LogP contribution < -0.4 is 14.2 Å². The maximum absolute atomic E-state index is 12.7. The fourth-order valence-corrected chi connectivity index (χ4v) is 4.99. The van der Waals surface area contributed by atoms with Gasteiger partial charge < -0.3 is 14.2 Å². The van der Waals surface area contributed by atoms with Gasteiger partial charge in [-0.1, -0.05) is 122 Å². The van der Waals surface area contributed by atoms with Crippen LogP contribution >= 0.6 is 0 Å². The molecule has 0 amide bonds. The van der Waals surface area contributed by atoms with Crippen LogP contribution in [0.25, 0.3) is 11.1 Å². The molecule has 0 atom stereocenters. The van der Waals surface area contributed by atoms with Gasteiger partial charge in [-0.2, -0.15) is 0 Å². The quantitative estimate of drug-likeness (QED) is 0.0682. The lowest BCUT2D eigenvalue weighted by Gasteiger charge is -2.09. The molecule has 0 bridgehead atoms. The van der Waals surface area contributed by atoms with E-state index in [1.807, 2.05) is 48.5 Å². The minimum Gasteiger partial charge on any atom is -0.494 e. The van der Waals surface area contributed by atoms with Crippen molar-refractivity contribution in [3.63, 3.8) is 0 Å². The van der Waals surface area contributed by atoms with E-state index in [4.69, 9.17) is 14.2 Å². The summed E-state index contributed by atoms with van der Waals surface area (Å²) in [7, 11) is 0. The van der Waals surface area contributed by atoms with Crippen LogP contribution in [-0.2, 0) is 0 Å². The monoisotopic (exact) mass is 572 g/mol. The van der Waals surface area contributed by atoms with E-state index in [1.54, 1.807) is 12.1 Å². The molecule has 228 valence electrons. The maximum Gasteiger partial charge on any atom is 0.343 e. The Kier molecular flexibility index (Phi) is 16.3. The van der Waals surface area contributed by atoms with Crippen molar-refractivity contribution in [1.82, 2.24) is 0 Å². The van der Waals surface area contributed by atoms with Gasteiger partial charge in [0.2, 0.25) is 0 Å². The maximum atomic E-state index is 12.7. The third kappa shape index (κ3) is 13.1. The smallest absolute Gasteiger partial charge is 0.343 e. The van der Waals surface area contributed by atoms with Crippen LogP contribution in [0.5, 0.6) is 17.2 Å². The van der Waals surface area contributed by atoms with Crippen LogP contribution in [0.1, 0.15) is 121 Å². The number of rotatable bonds is 22. The first-order chi connectivity index (χ1) is 20.7. The van der Waals surface area contributed by atoms with Gasteiger partial charge in [0.1, 0.15) is 17.2 Å². The number of benzene rings is 3. The summed E-state index contributed by atoms with van der Waals surface area (Å²) < 4.78 is 17.4. The highest BCUT2D eigenvalue weighted by atomic mass is 16.5. The van der Waals surface area contributed by atoms with Crippen LogP contribution in [0.3, 0.4) is 0 Å². The molecule has 42 heavy (non-hydrogen) atoms. The Bertz CT molecular complexity index is 1100. The van der Waals surface area contributed by atoms with E-state index in [2.05, 4.69) is 26.0 Å². The minimum atomic E-state index is -0.375. The van der Waals surface area contributed by atoms with E-state index >= 15 is 0 Å². The lowest BCUT2D eigenvalue weighted by molar-refractivity contribution is 0.0734. The molecule has 0 heterocycles. The van der Waals surface area contributed by atoms with Crippen LogP contribution in [-0.4, -0.2) is 19.2 Å². The van der Waals surface area contributed by atoms with Gasteiger partial charge in [-0.15, -0.1) is 0 Å². The summed E-state index contributed by atoms with van der Waals surface area (Å²) in [4.78, 5) is 12.7. The van der Waals surface area contributed by atoms with Crippen molar-refractivity contribution in [2.75, 3.05) is 13.2 Å². The summed E-state index contributed by atoms with van der Waals surface area (Å²) in [6, 6.07) is 23.0. The van der Waals surface area contributed by atoms with E-state index in [9.17, 15) is 4.79 Å². The van der Waals surface area contributed by atoms with Crippen molar-refractivity contribution in [3.8, 4) is 28.4 Å². The molecule has 0 unspecified atom stereocenters. The highest BCUT2D eigenvalue weighted by Crippen LogP contribution is 2.25. The first kappa shape index (κ1) is 33.2. The van der Waals surface area contributed by atoms with E-state index < -0.39 is 0 Å². The second-order valence-corrected chi connectivity index (χ2v) is 11.3. The molecule has 0 saturated carbocycles. The molecule has 0 radical (unpaired) electrons. The van der Waals surface area contributed by atoms with Gasteiger partial charge >= 0.3 is 5.97 Å². The van der Waals surface area contributed by atoms with E-state index in [0.29, 0.717) is 17.9 Å². The molecule has 0 saturated heterocycles. The highest BCUT2D eigenvalue weighted by Gasteiger charge is 2.09. The van der Waals surface area contributed by atoms with Crippen molar-refractivity contribution < 1.29 is 19.0 Å². The molecular weight excluding hydrogens is 520 g/mol. The summed E-state index contributed by atoms with van der Waals surface area (Å²) in [5, 5.41) is 0. The molecule has 3 aromatic rings. The molecule has 0 aliphatic carbocycles. The molecule has 0 spiro atoms. The number of hydrogen-bond donors (Lipinski definition) is 0. The largest absolute Gasteiger partial charge is 0.494 e. The predicted octanol–water partition coefficient (Wildman–Crippen LogP) is 11.2. The molecule has 0 N–H and O–H groups in total. The Labute approximate surface area is 254 Å². The van der Waals surface area contributed by atoms with E-state index in [1.165, 1.54) is 83.5 Å². The third-order valence-electron chi connectivity index (χ3n) is 7.63. The highest BCUT2D eigenvalue weighted by molar-refractivity contribution is 5.91. The van der Waals surface area contributed by atoms with Crippen molar-refractivity contribution in [2.45, 2.75) is 110 Å². The molecule has 4 nitrogen and oxygen atoms in total. The molecule has 3 rings (SSSR count). The normalized spacial score (nSPS) is 10.9. The molecule has 0 aliphatic rings. The first-order valence-corrected chi connectivity index (χ1v) is 16.5. The topological polar surface area (TPSA) is 44.8 Å². The van der Waals surface area contributed by atoms with Crippen LogP contribution in [0, 0.1) is 0 Å². The molecule has 0 fully saturated rings. The average Bonchev–Trinajstić information content (AvgIpc) is 3.02. The van der Waals surface area contributed by atoms with Crippen molar-refractivity contribution in [3.05, 3.63) is 78.4 Å². The number of hydrogen-bond acceptors (Lipinski definition) is 4. The standard InChI is InChI=1S/C38H52O4/c1-3-5-7-9-11-12-13-15-17-31-41-36-26-22-34(23-27-36)38(39)42-37-28-20-33(21-29-37)32-18-24-35(25-19-32)40-30-16-14-10-8-6-4-2/h18-29H,3-17,30-31H2,1-2H3. The Balaban J connectivity index is 1.33. The molecule has 4 heteroatoms. The fourth-order valence-electron chi connectivity index (χ4n) is 4.99. The second-order valence-electron chi connectivity index (χ2n) is 11.3. The van der Waals surface area contributed by atoms with Crippen molar-refractivity contribution in [1.29, 1.82) is 0 Å². The van der Waals surface area contributed by atoms with E-state index in [-0.39, 0.29) is 5.97 Å². The molecule has 0 aromatic heterocycles. The summed E-state index contributed by atoms with van der Waals surface area (Å²) in [5.41, 5.74) is 2.66. The Morgan fingerprint density at radius 1 is 0.452 bits per heavy atom. The number of carbonyl (C=O) groups is 1. The number of carbonyl (C=O) groups excluding carboxylic acids is 1. The van der Waals surface area contributed by atoms with Gasteiger partial charge in [-0.3, -0.25) is 0 Å². The zero-order valence-electron chi connectivity index (χ0n) is 26.1. The van der Waals surface area contributed by atoms with E-state index in [0.717, 1.165) is 42.1 Å². The Hall–Kier alpha value is -3.27. The lowest BCUT2D eigenvalue weighted by atomic mass is 10.1. The minimum absolute atomic E-state index is 0.375. The number of esters is 1. The second kappa shape index (κ2) is 20.6. The van der Waals surface area contributed by atoms with Crippen LogP contribution in [0.2, 0.25) is 0 Å². The summed E-state index contributed by atoms with van der Waals surface area (Å²) in [5.74, 6) is 1.83. The summed E-state index contributed by atoms with van der Waals surface area (Å²) in [6.45, 7) is 5.97. The fraction of sp³-hybridized carbons (Fsp3) is 0.500. The molecule has 0 aliphatic heterocycles. The van der Waals surface area contributed by atoms with Gasteiger partial charge in [-0.05, 0) is 72.5 Å². The van der Waals surface area contributed by atoms with Crippen LogP contribution in [0.15, 0.2) is 72.8 Å². The first-order valence-electron chi connectivity index (χ1n) is 16.5. The van der Waals surface area contributed by atoms with Crippen molar-refractivity contribution >= 4 is 5.97 Å². The van der Waals surface area contributed by atoms with Gasteiger partial charge in [0.25, 0.3) is 0 Å². The van der Waals surface area contributed by atoms with Crippen LogP contribution in [0.4, 0.5) is 0 Å². The predicted molar refractivity (Wildman–Crippen MR) is 175 cm³/mol. The van der Waals surface area contributed by atoms with Gasteiger partial charge in [0.05, 0.1) is 18.8 Å². The average molecular weight is 573 g/mol. The zero-order chi connectivity index (χ0) is 29.7. The lowest BCUT2D eigenvalue weighted by Crippen LogP contribution is -2.08. The van der Waals surface area contributed by atoms with Crippen molar-refractivity contribution in [2.24, 2.45) is 0 Å². The third-order valence-corrected chi connectivity index (χ3v) is 7.63. The Morgan fingerprint density at radius 2 is 0.810 bits per heavy atom. The molecular formula is C38H52O4.